The molecule has 0 aliphatic heterocycles. The molecule has 0 fully saturated rings. The van der Waals surface area contributed by atoms with Crippen molar-refractivity contribution in [1.82, 2.24) is 9.97 Å². The highest BCUT2D eigenvalue weighted by atomic mass is 35.5. The first kappa shape index (κ1) is 15.3. The van der Waals surface area contributed by atoms with Gasteiger partial charge >= 0.3 is 0 Å². The van der Waals surface area contributed by atoms with Crippen LogP contribution < -0.4 is 11.1 Å². The Morgan fingerprint density at radius 2 is 1.84 bits per heavy atom. The molecule has 1 atom stereocenters. The Morgan fingerprint density at radius 1 is 1.21 bits per heavy atom. The number of benzene rings is 1. The number of hydrogen-bond acceptors (Lipinski definition) is 4. The number of anilines is 1. The van der Waals surface area contributed by atoms with Crippen molar-refractivity contribution < 1.29 is 4.79 Å². The first-order chi connectivity index (χ1) is 8.58. The number of fused-ring (bicyclic) bond motifs is 1. The van der Waals surface area contributed by atoms with Crippen molar-refractivity contribution in [1.29, 1.82) is 0 Å². The summed E-state index contributed by atoms with van der Waals surface area (Å²) in [7, 11) is 0. The van der Waals surface area contributed by atoms with E-state index in [-0.39, 0.29) is 24.2 Å². The van der Waals surface area contributed by atoms with Gasteiger partial charge in [0.15, 0.2) is 0 Å². The molecule has 1 aromatic heterocycles. The standard InChI is InChI=1S/C13H16N4O.ClH/c1-8(2)12(14)13(18)17-9-3-4-10-11(7-9)16-6-5-15-10;/h3-8,12H,14H2,1-2H3,(H,17,18);1H. The van der Waals surface area contributed by atoms with E-state index in [2.05, 4.69) is 15.3 Å². The molecular weight excluding hydrogens is 264 g/mol. The molecule has 0 spiro atoms. The minimum absolute atomic E-state index is 0. The number of rotatable bonds is 3. The molecule has 0 saturated carbocycles. The second-order valence-corrected chi connectivity index (χ2v) is 4.52. The fourth-order valence-corrected chi connectivity index (χ4v) is 1.57. The molecule has 1 unspecified atom stereocenters. The molecule has 0 aliphatic carbocycles. The Morgan fingerprint density at radius 3 is 2.47 bits per heavy atom. The lowest BCUT2D eigenvalue weighted by molar-refractivity contribution is -0.118. The van der Waals surface area contributed by atoms with E-state index in [1.807, 2.05) is 19.9 Å². The molecule has 3 N–H and O–H groups in total. The molecule has 102 valence electrons. The molecular formula is C13H17ClN4O. The van der Waals surface area contributed by atoms with E-state index in [9.17, 15) is 4.79 Å². The number of carbonyl (C=O) groups is 1. The molecule has 1 aromatic carbocycles. The van der Waals surface area contributed by atoms with Crippen LogP contribution in [0.5, 0.6) is 0 Å². The Bertz CT molecular complexity index is 573. The molecule has 19 heavy (non-hydrogen) atoms. The van der Waals surface area contributed by atoms with Crippen molar-refractivity contribution in [3.63, 3.8) is 0 Å². The lowest BCUT2D eigenvalue weighted by Crippen LogP contribution is -2.39. The lowest BCUT2D eigenvalue weighted by atomic mass is 10.0. The lowest BCUT2D eigenvalue weighted by Gasteiger charge is -2.15. The van der Waals surface area contributed by atoms with Crippen molar-refractivity contribution in [2.24, 2.45) is 11.7 Å². The zero-order chi connectivity index (χ0) is 13.1. The minimum atomic E-state index is -0.512. The van der Waals surface area contributed by atoms with Crippen LogP contribution in [0.25, 0.3) is 11.0 Å². The summed E-state index contributed by atoms with van der Waals surface area (Å²) < 4.78 is 0. The average molecular weight is 281 g/mol. The predicted molar refractivity (Wildman–Crippen MR) is 78.2 cm³/mol. The summed E-state index contributed by atoms with van der Waals surface area (Å²) in [5, 5.41) is 2.78. The smallest absolute Gasteiger partial charge is 0.241 e. The number of amides is 1. The summed E-state index contributed by atoms with van der Waals surface area (Å²) in [6.07, 6.45) is 3.25. The molecule has 0 radical (unpaired) electrons. The first-order valence-corrected chi connectivity index (χ1v) is 5.85. The summed E-state index contributed by atoms with van der Waals surface area (Å²) >= 11 is 0. The van der Waals surface area contributed by atoms with Crippen LogP contribution in [0.15, 0.2) is 30.6 Å². The summed E-state index contributed by atoms with van der Waals surface area (Å²) in [6, 6.07) is 4.89. The van der Waals surface area contributed by atoms with Crippen LogP contribution in [0.1, 0.15) is 13.8 Å². The van der Waals surface area contributed by atoms with Gasteiger partial charge in [0.25, 0.3) is 0 Å². The molecule has 0 bridgehead atoms. The van der Waals surface area contributed by atoms with Crippen molar-refractivity contribution >= 4 is 35.0 Å². The summed E-state index contributed by atoms with van der Waals surface area (Å²) in [5.74, 6) is -0.0847. The number of nitrogens with zero attached hydrogens (tertiary/aromatic N) is 2. The molecule has 0 saturated heterocycles. The van der Waals surface area contributed by atoms with Crippen LogP contribution in [-0.4, -0.2) is 21.9 Å². The van der Waals surface area contributed by atoms with Gasteiger partial charge in [-0.25, -0.2) is 0 Å². The zero-order valence-electron chi connectivity index (χ0n) is 10.8. The van der Waals surface area contributed by atoms with E-state index in [0.29, 0.717) is 5.69 Å². The van der Waals surface area contributed by atoms with Crippen LogP contribution in [-0.2, 0) is 4.79 Å². The van der Waals surface area contributed by atoms with Gasteiger partial charge in [-0.15, -0.1) is 12.4 Å². The number of nitrogens with one attached hydrogen (secondary N) is 1. The Labute approximate surface area is 118 Å². The van der Waals surface area contributed by atoms with Gasteiger partial charge in [-0.1, -0.05) is 13.8 Å². The summed E-state index contributed by atoms with van der Waals surface area (Å²) in [5.41, 5.74) is 8.00. The second kappa shape index (κ2) is 6.45. The van der Waals surface area contributed by atoms with E-state index in [1.54, 1.807) is 24.5 Å². The number of hydrogen-bond donors (Lipinski definition) is 2. The van der Waals surface area contributed by atoms with Gasteiger partial charge in [-0.2, -0.15) is 0 Å². The second-order valence-electron chi connectivity index (χ2n) is 4.52. The van der Waals surface area contributed by atoms with Crippen LogP contribution >= 0.6 is 12.4 Å². The fourth-order valence-electron chi connectivity index (χ4n) is 1.57. The molecule has 6 heteroatoms. The Balaban J connectivity index is 0.00000180. The van der Waals surface area contributed by atoms with Crippen molar-refractivity contribution in [2.75, 3.05) is 5.32 Å². The predicted octanol–water partition coefficient (Wildman–Crippen LogP) is 1.97. The highest BCUT2D eigenvalue weighted by Gasteiger charge is 2.17. The number of nitrogens with two attached hydrogens (primary N) is 1. The van der Waals surface area contributed by atoms with Gasteiger partial charge in [-0.05, 0) is 24.1 Å². The topological polar surface area (TPSA) is 80.9 Å². The quantitative estimate of drug-likeness (QED) is 0.901. The third-order valence-corrected chi connectivity index (χ3v) is 2.76. The highest BCUT2D eigenvalue weighted by Crippen LogP contribution is 2.15. The van der Waals surface area contributed by atoms with Crippen molar-refractivity contribution in [3.8, 4) is 0 Å². The van der Waals surface area contributed by atoms with Gasteiger partial charge in [0.2, 0.25) is 5.91 Å². The highest BCUT2D eigenvalue weighted by molar-refractivity contribution is 5.96. The zero-order valence-corrected chi connectivity index (χ0v) is 11.6. The third kappa shape index (κ3) is 3.62. The van der Waals surface area contributed by atoms with Crippen LogP contribution in [0.2, 0.25) is 0 Å². The van der Waals surface area contributed by atoms with E-state index in [4.69, 9.17) is 5.73 Å². The molecule has 2 rings (SSSR count). The van der Waals surface area contributed by atoms with Gasteiger partial charge < -0.3 is 11.1 Å². The minimum Gasteiger partial charge on any atom is -0.325 e. The van der Waals surface area contributed by atoms with Crippen molar-refractivity contribution in [3.05, 3.63) is 30.6 Å². The molecule has 2 aromatic rings. The normalized spacial score (nSPS) is 12.0. The molecule has 1 heterocycles. The van der Waals surface area contributed by atoms with Gasteiger partial charge in [0, 0.05) is 18.1 Å². The van der Waals surface area contributed by atoms with E-state index >= 15 is 0 Å². The number of carbonyl (C=O) groups excluding carboxylic acids is 1. The average Bonchev–Trinajstić information content (AvgIpc) is 2.37. The van der Waals surface area contributed by atoms with Crippen molar-refractivity contribution in [2.45, 2.75) is 19.9 Å². The largest absolute Gasteiger partial charge is 0.325 e. The van der Waals surface area contributed by atoms with Crippen LogP contribution in [0, 0.1) is 5.92 Å². The Kier molecular flexibility index (Phi) is 5.20. The maximum atomic E-state index is 11.8. The third-order valence-electron chi connectivity index (χ3n) is 2.76. The monoisotopic (exact) mass is 280 g/mol. The summed E-state index contributed by atoms with van der Waals surface area (Å²) in [4.78, 5) is 20.2. The maximum absolute atomic E-state index is 11.8. The maximum Gasteiger partial charge on any atom is 0.241 e. The molecule has 1 amide bonds. The van der Waals surface area contributed by atoms with Crippen LogP contribution in [0.4, 0.5) is 5.69 Å². The summed E-state index contributed by atoms with van der Waals surface area (Å²) in [6.45, 7) is 3.83. The van der Waals surface area contributed by atoms with E-state index in [0.717, 1.165) is 11.0 Å². The SMILES string of the molecule is CC(C)C(N)C(=O)Nc1ccc2nccnc2c1.Cl. The van der Waals surface area contributed by atoms with E-state index in [1.165, 1.54) is 0 Å². The van der Waals surface area contributed by atoms with Gasteiger partial charge in [0.05, 0.1) is 17.1 Å². The first-order valence-electron chi connectivity index (χ1n) is 5.85. The Hall–Kier alpha value is -1.72. The van der Waals surface area contributed by atoms with Gasteiger partial charge in [-0.3, -0.25) is 14.8 Å². The molecule has 5 nitrogen and oxygen atoms in total. The molecule has 0 aliphatic rings. The van der Waals surface area contributed by atoms with Gasteiger partial charge in [0.1, 0.15) is 0 Å². The fraction of sp³-hybridized carbons (Fsp3) is 0.308. The van der Waals surface area contributed by atoms with E-state index < -0.39 is 6.04 Å². The number of aromatic nitrogens is 2. The van der Waals surface area contributed by atoms with Crippen LogP contribution in [0.3, 0.4) is 0 Å². The number of halogens is 1.